The first-order chi connectivity index (χ1) is 10.7. The minimum atomic E-state index is -0.180. The van der Waals surface area contributed by atoms with Gasteiger partial charge in [-0.15, -0.1) is 11.6 Å². The molecule has 0 radical (unpaired) electrons. The van der Waals surface area contributed by atoms with Crippen LogP contribution in [0.15, 0.2) is 67.0 Å². The van der Waals surface area contributed by atoms with Crippen molar-refractivity contribution in [3.8, 4) is 11.1 Å². The first-order valence-electron chi connectivity index (χ1n) is 7.37. The smallest absolute Gasteiger partial charge is 0.0842 e. The number of aromatic nitrogens is 1. The zero-order chi connectivity index (χ0) is 15.5. The van der Waals surface area contributed by atoms with Crippen LogP contribution in [0.4, 0.5) is 0 Å². The summed E-state index contributed by atoms with van der Waals surface area (Å²) in [5.74, 6) is 0. The fourth-order valence-electron chi connectivity index (χ4n) is 2.60. The van der Waals surface area contributed by atoms with E-state index >= 15 is 0 Å². The van der Waals surface area contributed by atoms with E-state index in [0.29, 0.717) is 0 Å². The van der Waals surface area contributed by atoms with Crippen molar-refractivity contribution in [1.29, 1.82) is 0 Å². The molecule has 0 saturated heterocycles. The second kappa shape index (κ2) is 6.33. The number of rotatable bonds is 3. The van der Waals surface area contributed by atoms with Gasteiger partial charge in [-0.25, -0.2) is 0 Å². The lowest BCUT2D eigenvalue weighted by atomic mass is 9.93. The maximum Gasteiger partial charge on any atom is 0.0842 e. The summed E-state index contributed by atoms with van der Waals surface area (Å²) in [6.45, 7) is 4.27. The molecule has 0 bridgehead atoms. The third kappa shape index (κ3) is 2.90. The number of aryl methyl sites for hydroxylation is 2. The highest BCUT2D eigenvalue weighted by Crippen LogP contribution is 2.36. The highest BCUT2D eigenvalue weighted by atomic mass is 35.5. The molecule has 22 heavy (non-hydrogen) atoms. The second-order valence-corrected chi connectivity index (χ2v) is 5.97. The van der Waals surface area contributed by atoms with Crippen molar-refractivity contribution in [3.63, 3.8) is 0 Å². The lowest BCUT2D eigenvalue weighted by Crippen LogP contribution is -1.97. The summed E-state index contributed by atoms with van der Waals surface area (Å²) in [5.41, 5.74) is 7.17. The Hall–Kier alpha value is -2.12. The molecule has 0 spiro atoms. The SMILES string of the molecule is Cc1ccc(-c2ccccc2C(Cl)c2ccncc2)cc1C. The molecule has 1 nitrogen and oxygen atoms in total. The predicted octanol–water partition coefficient (Wildman–Crippen LogP) is 5.69. The number of pyridine rings is 1. The zero-order valence-electron chi connectivity index (χ0n) is 12.8. The Morgan fingerprint density at radius 1 is 0.864 bits per heavy atom. The van der Waals surface area contributed by atoms with E-state index in [1.54, 1.807) is 12.4 Å². The summed E-state index contributed by atoms with van der Waals surface area (Å²) in [7, 11) is 0. The summed E-state index contributed by atoms with van der Waals surface area (Å²) >= 11 is 6.73. The van der Waals surface area contributed by atoms with Gasteiger partial charge in [0.1, 0.15) is 0 Å². The number of hydrogen-bond donors (Lipinski definition) is 0. The topological polar surface area (TPSA) is 12.9 Å². The van der Waals surface area contributed by atoms with E-state index in [1.165, 1.54) is 22.3 Å². The third-order valence-electron chi connectivity index (χ3n) is 4.05. The summed E-state index contributed by atoms with van der Waals surface area (Å²) in [6, 6.07) is 18.8. The van der Waals surface area contributed by atoms with Crippen LogP contribution in [-0.4, -0.2) is 4.98 Å². The average molecular weight is 308 g/mol. The van der Waals surface area contributed by atoms with Crippen LogP contribution in [0.3, 0.4) is 0 Å². The van der Waals surface area contributed by atoms with Crippen molar-refractivity contribution in [1.82, 2.24) is 4.98 Å². The van der Waals surface area contributed by atoms with Crippen molar-refractivity contribution in [2.45, 2.75) is 19.2 Å². The van der Waals surface area contributed by atoms with Gasteiger partial charge in [-0.05, 0) is 59.4 Å². The van der Waals surface area contributed by atoms with Crippen LogP contribution >= 0.6 is 11.6 Å². The maximum absolute atomic E-state index is 6.73. The molecule has 0 aliphatic rings. The van der Waals surface area contributed by atoms with Gasteiger partial charge in [0.15, 0.2) is 0 Å². The molecule has 0 N–H and O–H groups in total. The normalized spacial score (nSPS) is 12.1. The molecular weight excluding hydrogens is 290 g/mol. The summed E-state index contributed by atoms with van der Waals surface area (Å²) in [5, 5.41) is -0.180. The minimum absolute atomic E-state index is 0.180. The van der Waals surface area contributed by atoms with Gasteiger partial charge in [0, 0.05) is 12.4 Å². The van der Waals surface area contributed by atoms with E-state index in [4.69, 9.17) is 11.6 Å². The van der Waals surface area contributed by atoms with Gasteiger partial charge in [0.05, 0.1) is 5.38 Å². The molecule has 1 heterocycles. The van der Waals surface area contributed by atoms with Crippen LogP contribution in [-0.2, 0) is 0 Å². The number of benzene rings is 2. The van der Waals surface area contributed by atoms with E-state index in [2.05, 4.69) is 55.2 Å². The summed E-state index contributed by atoms with van der Waals surface area (Å²) in [6.07, 6.45) is 3.56. The van der Waals surface area contributed by atoms with Crippen LogP contribution in [0.1, 0.15) is 27.6 Å². The number of halogens is 1. The molecule has 1 unspecified atom stereocenters. The number of nitrogens with zero attached hydrogens (tertiary/aromatic N) is 1. The van der Waals surface area contributed by atoms with Crippen LogP contribution < -0.4 is 0 Å². The van der Waals surface area contributed by atoms with E-state index < -0.39 is 0 Å². The van der Waals surface area contributed by atoms with Gasteiger partial charge in [-0.2, -0.15) is 0 Å². The largest absolute Gasteiger partial charge is 0.265 e. The molecular formula is C20H18ClN. The second-order valence-electron chi connectivity index (χ2n) is 5.53. The molecule has 3 aromatic rings. The van der Waals surface area contributed by atoms with Crippen molar-refractivity contribution in [2.75, 3.05) is 0 Å². The number of hydrogen-bond acceptors (Lipinski definition) is 1. The predicted molar refractivity (Wildman–Crippen MR) is 93.3 cm³/mol. The third-order valence-corrected chi connectivity index (χ3v) is 4.54. The minimum Gasteiger partial charge on any atom is -0.265 e. The lowest BCUT2D eigenvalue weighted by molar-refractivity contribution is 1.12. The molecule has 3 rings (SSSR count). The average Bonchev–Trinajstić information content (AvgIpc) is 2.57. The Bertz CT molecular complexity index is 781. The van der Waals surface area contributed by atoms with Crippen molar-refractivity contribution in [2.24, 2.45) is 0 Å². The Kier molecular flexibility index (Phi) is 4.26. The molecule has 0 amide bonds. The maximum atomic E-state index is 6.73. The Balaban J connectivity index is 2.08. The highest BCUT2D eigenvalue weighted by molar-refractivity contribution is 6.23. The zero-order valence-corrected chi connectivity index (χ0v) is 13.5. The Labute approximate surface area is 136 Å². The molecule has 1 atom stereocenters. The molecule has 1 aromatic heterocycles. The first kappa shape index (κ1) is 14.8. The van der Waals surface area contributed by atoms with Crippen LogP contribution in [0.25, 0.3) is 11.1 Å². The van der Waals surface area contributed by atoms with E-state index in [9.17, 15) is 0 Å². The molecule has 110 valence electrons. The van der Waals surface area contributed by atoms with E-state index in [1.807, 2.05) is 18.2 Å². The van der Waals surface area contributed by atoms with Gasteiger partial charge in [0.25, 0.3) is 0 Å². The quantitative estimate of drug-likeness (QED) is 0.566. The molecule has 2 aromatic carbocycles. The van der Waals surface area contributed by atoms with Gasteiger partial charge in [-0.1, -0.05) is 42.5 Å². The molecule has 0 fully saturated rings. The Morgan fingerprint density at radius 2 is 1.59 bits per heavy atom. The molecule has 0 aliphatic carbocycles. The van der Waals surface area contributed by atoms with Gasteiger partial charge in [0.2, 0.25) is 0 Å². The Morgan fingerprint density at radius 3 is 2.32 bits per heavy atom. The van der Waals surface area contributed by atoms with Crippen molar-refractivity contribution in [3.05, 3.63) is 89.2 Å². The van der Waals surface area contributed by atoms with E-state index in [-0.39, 0.29) is 5.38 Å². The van der Waals surface area contributed by atoms with Crippen LogP contribution in [0.2, 0.25) is 0 Å². The lowest BCUT2D eigenvalue weighted by Gasteiger charge is -2.16. The van der Waals surface area contributed by atoms with E-state index in [0.717, 1.165) is 11.1 Å². The summed E-state index contributed by atoms with van der Waals surface area (Å²) < 4.78 is 0. The van der Waals surface area contributed by atoms with Crippen LogP contribution in [0.5, 0.6) is 0 Å². The van der Waals surface area contributed by atoms with Gasteiger partial charge < -0.3 is 0 Å². The highest BCUT2D eigenvalue weighted by Gasteiger charge is 2.15. The van der Waals surface area contributed by atoms with Crippen LogP contribution in [0, 0.1) is 13.8 Å². The van der Waals surface area contributed by atoms with Gasteiger partial charge in [-0.3, -0.25) is 4.98 Å². The number of alkyl halides is 1. The molecule has 0 saturated carbocycles. The fourth-order valence-corrected chi connectivity index (χ4v) is 2.94. The molecule has 2 heteroatoms. The monoisotopic (exact) mass is 307 g/mol. The molecule has 0 aliphatic heterocycles. The standard InChI is InChI=1S/C20H18ClN/c1-14-7-8-17(13-15(14)2)18-5-3-4-6-19(18)20(21)16-9-11-22-12-10-16/h3-13,20H,1-2H3. The van der Waals surface area contributed by atoms with Gasteiger partial charge >= 0.3 is 0 Å². The summed E-state index contributed by atoms with van der Waals surface area (Å²) in [4.78, 5) is 4.06. The van der Waals surface area contributed by atoms with Crippen molar-refractivity contribution >= 4 is 11.6 Å². The first-order valence-corrected chi connectivity index (χ1v) is 7.81. The fraction of sp³-hybridized carbons (Fsp3) is 0.150. The van der Waals surface area contributed by atoms with Crippen molar-refractivity contribution < 1.29 is 0 Å².